The largest absolute Gasteiger partial charge is 0.483 e. The molecule has 3 rings (SSSR count). The van der Waals surface area contributed by atoms with Crippen LogP contribution >= 0.6 is 11.3 Å². The standard InChI is InChI=1S/C22H29NO4S/c1-5-7-12-25-19-16-14-15(23-6-2)10-11-17(16)27-22(3,4)20(19)26-21(24)18-9-8-13-28-18/h8-11,13-14,19-20,23H,5-7,12H2,1-4H3. The zero-order valence-corrected chi connectivity index (χ0v) is 17.8. The Morgan fingerprint density at radius 3 is 2.79 bits per heavy atom. The van der Waals surface area contributed by atoms with Gasteiger partial charge >= 0.3 is 5.97 Å². The van der Waals surface area contributed by atoms with Gasteiger partial charge in [0.05, 0.1) is 0 Å². The Kier molecular flexibility index (Phi) is 6.62. The summed E-state index contributed by atoms with van der Waals surface area (Å²) in [6.07, 6.45) is 1.05. The Morgan fingerprint density at radius 2 is 2.11 bits per heavy atom. The van der Waals surface area contributed by atoms with E-state index in [1.54, 1.807) is 6.07 Å². The lowest BCUT2D eigenvalue weighted by molar-refractivity contribution is -0.139. The number of hydrogen-bond donors (Lipinski definition) is 1. The number of ether oxygens (including phenoxy) is 3. The summed E-state index contributed by atoms with van der Waals surface area (Å²) in [5.41, 5.74) is 1.20. The van der Waals surface area contributed by atoms with Crippen LogP contribution in [0.15, 0.2) is 35.7 Å². The highest BCUT2D eigenvalue weighted by Gasteiger charge is 2.47. The number of benzene rings is 1. The molecule has 0 radical (unpaired) electrons. The smallest absolute Gasteiger partial charge is 0.348 e. The zero-order valence-electron chi connectivity index (χ0n) is 17.0. The molecule has 2 heterocycles. The number of thiophene rings is 1. The van der Waals surface area contributed by atoms with E-state index in [1.165, 1.54) is 11.3 Å². The highest BCUT2D eigenvalue weighted by atomic mass is 32.1. The highest BCUT2D eigenvalue weighted by molar-refractivity contribution is 7.11. The van der Waals surface area contributed by atoms with Crippen molar-refractivity contribution in [2.24, 2.45) is 0 Å². The third-order valence-electron chi connectivity index (χ3n) is 4.78. The maximum absolute atomic E-state index is 12.7. The van der Waals surface area contributed by atoms with Crippen LogP contribution in [-0.2, 0) is 9.47 Å². The Hall–Kier alpha value is -2.05. The molecule has 1 aromatic carbocycles. The predicted octanol–water partition coefficient (Wildman–Crippen LogP) is 5.43. The van der Waals surface area contributed by atoms with Gasteiger partial charge in [-0.25, -0.2) is 4.79 Å². The first kappa shape index (κ1) is 20.7. The number of esters is 1. The normalized spacial score (nSPS) is 20.1. The van der Waals surface area contributed by atoms with E-state index in [2.05, 4.69) is 19.2 Å². The van der Waals surface area contributed by atoms with Crippen LogP contribution in [0.3, 0.4) is 0 Å². The molecule has 152 valence electrons. The molecule has 0 saturated carbocycles. The van der Waals surface area contributed by atoms with Crippen molar-refractivity contribution in [2.75, 3.05) is 18.5 Å². The van der Waals surface area contributed by atoms with E-state index in [1.807, 2.05) is 43.5 Å². The molecular formula is C22H29NO4S. The lowest BCUT2D eigenvalue weighted by Crippen LogP contribution is -2.51. The number of rotatable bonds is 8. The second-order valence-corrected chi connectivity index (χ2v) is 8.38. The van der Waals surface area contributed by atoms with Crippen LogP contribution < -0.4 is 10.1 Å². The maximum Gasteiger partial charge on any atom is 0.348 e. The van der Waals surface area contributed by atoms with Gasteiger partial charge in [0.2, 0.25) is 0 Å². The first-order valence-corrected chi connectivity index (χ1v) is 10.8. The molecule has 2 unspecified atom stereocenters. The maximum atomic E-state index is 12.7. The lowest BCUT2D eigenvalue weighted by Gasteiger charge is -2.43. The van der Waals surface area contributed by atoms with E-state index < -0.39 is 11.7 Å². The van der Waals surface area contributed by atoms with Gasteiger partial charge in [-0.2, -0.15) is 0 Å². The van der Waals surface area contributed by atoms with Crippen molar-refractivity contribution in [3.63, 3.8) is 0 Å². The molecular weight excluding hydrogens is 374 g/mol. The molecule has 0 fully saturated rings. The molecule has 1 aromatic heterocycles. The minimum atomic E-state index is -0.712. The van der Waals surface area contributed by atoms with Crippen molar-refractivity contribution < 1.29 is 19.0 Å². The third kappa shape index (κ3) is 4.50. The SMILES string of the molecule is CCCCOC1c2cc(NCC)ccc2OC(C)(C)C1OC(=O)c1cccs1. The van der Waals surface area contributed by atoms with Crippen molar-refractivity contribution in [3.05, 3.63) is 46.2 Å². The molecule has 0 saturated heterocycles. The molecule has 2 aromatic rings. The number of carbonyl (C=O) groups is 1. The van der Waals surface area contributed by atoms with Gasteiger partial charge in [0.15, 0.2) is 6.10 Å². The minimum Gasteiger partial charge on any atom is -0.483 e. The second-order valence-electron chi connectivity index (χ2n) is 7.44. The average Bonchev–Trinajstić information content (AvgIpc) is 3.19. The zero-order chi connectivity index (χ0) is 20.1. The van der Waals surface area contributed by atoms with Gasteiger partial charge in [-0.15, -0.1) is 11.3 Å². The lowest BCUT2D eigenvalue weighted by atomic mass is 9.87. The van der Waals surface area contributed by atoms with E-state index in [0.29, 0.717) is 11.5 Å². The van der Waals surface area contributed by atoms with Crippen LogP contribution in [0.5, 0.6) is 5.75 Å². The molecule has 5 nitrogen and oxygen atoms in total. The van der Waals surface area contributed by atoms with Crippen molar-refractivity contribution in [2.45, 2.75) is 58.3 Å². The van der Waals surface area contributed by atoms with Crippen molar-refractivity contribution in [3.8, 4) is 5.75 Å². The van der Waals surface area contributed by atoms with Crippen LogP contribution in [0.2, 0.25) is 0 Å². The van der Waals surface area contributed by atoms with E-state index >= 15 is 0 Å². The Bertz CT molecular complexity index is 788. The van der Waals surface area contributed by atoms with Crippen LogP contribution in [0.25, 0.3) is 0 Å². The molecule has 1 aliphatic heterocycles. The monoisotopic (exact) mass is 403 g/mol. The van der Waals surface area contributed by atoms with E-state index in [-0.39, 0.29) is 12.1 Å². The number of carbonyl (C=O) groups excluding carboxylic acids is 1. The van der Waals surface area contributed by atoms with Crippen LogP contribution in [0.4, 0.5) is 5.69 Å². The summed E-state index contributed by atoms with van der Waals surface area (Å²) in [4.78, 5) is 13.3. The Balaban J connectivity index is 1.94. The molecule has 0 spiro atoms. The van der Waals surface area contributed by atoms with E-state index in [4.69, 9.17) is 14.2 Å². The van der Waals surface area contributed by atoms with Crippen molar-refractivity contribution in [1.82, 2.24) is 0 Å². The average molecular weight is 404 g/mol. The Labute approximate surface area is 171 Å². The number of unbranched alkanes of at least 4 members (excludes halogenated alkanes) is 1. The molecule has 6 heteroatoms. The summed E-state index contributed by atoms with van der Waals surface area (Å²) in [6, 6.07) is 9.61. The number of anilines is 1. The van der Waals surface area contributed by atoms with Gasteiger partial charge in [0.1, 0.15) is 22.3 Å². The third-order valence-corrected chi connectivity index (χ3v) is 5.63. The quantitative estimate of drug-likeness (QED) is 0.470. The molecule has 1 N–H and O–H groups in total. The van der Waals surface area contributed by atoms with Gasteiger partial charge in [-0.3, -0.25) is 0 Å². The second kappa shape index (κ2) is 8.97. The molecule has 28 heavy (non-hydrogen) atoms. The molecule has 0 aliphatic carbocycles. The minimum absolute atomic E-state index is 0.341. The topological polar surface area (TPSA) is 56.8 Å². The summed E-state index contributed by atoms with van der Waals surface area (Å²) < 4.78 is 18.5. The molecule has 1 aliphatic rings. The number of nitrogens with one attached hydrogen (secondary N) is 1. The Morgan fingerprint density at radius 1 is 1.29 bits per heavy atom. The molecule has 0 amide bonds. The number of fused-ring (bicyclic) bond motifs is 1. The number of hydrogen-bond acceptors (Lipinski definition) is 6. The van der Waals surface area contributed by atoms with Gasteiger partial charge in [-0.1, -0.05) is 19.4 Å². The van der Waals surface area contributed by atoms with Crippen LogP contribution in [-0.4, -0.2) is 30.8 Å². The summed E-state index contributed by atoms with van der Waals surface area (Å²) in [5.74, 6) is 0.434. The van der Waals surface area contributed by atoms with Crippen molar-refractivity contribution in [1.29, 1.82) is 0 Å². The fraction of sp³-hybridized carbons (Fsp3) is 0.500. The van der Waals surface area contributed by atoms with Crippen molar-refractivity contribution >= 4 is 23.0 Å². The molecule has 2 atom stereocenters. The van der Waals surface area contributed by atoms with E-state index in [9.17, 15) is 4.79 Å². The summed E-state index contributed by atoms with van der Waals surface area (Å²) in [6.45, 7) is 9.49. The summed E-state index contributed by atoms with van der Waals surface area (Å²) in [7, 11) is 0. The van der Waals surface area contributed by atoms with Crippen LogP contribution in [0, 0.1) is 0 Å². The fourth-order valence-corrected chi connectivity index (χ4v) is 3.96. The van der Waals surface area contributed by atoms with Gasteiger partial charge in [-0.05, 0) is 56.8 Å². The summed E-state index contributed by atoms with van der Waals surface area (Å²) in [5, 5.41) is 5.19. The van der Waals surface area contributed by atoms with Gasteiger partial charge in [0.25, 0.3) is 0 Å². The molecule has 0 bridgehead atoms. The first-order chi connectivity index (χ1) is 13.5. The highest BCUT2D eigenvalue weighted by Crippen LogP contribution is 2.44. The van der Waals surface area contributed by atoms with E-state index in [0.717, 1.165) is 36.4 Å². The van der Waals surface area contributed by atoms with Gasteiger partial charge in [0, 0.05) is 24.4 Å². The first-order valence-electron chi connectivity index (χ1n) is 9.89. The summed E-state index contributed by atoms with van der Waals surface area (Å²) >= 11 is 1.37. The fourth-order valence-electron chi connectivity index (χ4n) is 3.35. The van der Waals surface area contributed by atoms with Gasteiger partial charge < -0.3 is 19.5 Å². The predicted molar refractivity (Wildman–Crippen MR) is 112 cm³/mol. The van der Waals surface area contributed by atoms with Crippen LogP contribution in [0.1, 0.15) is 61.9 Å².